The molecule has 1 heterocycles. The maximum atomic E-state index is 10.0. The van der Waals surface area contributed by atoms with Gasteiger partial charge in [0, 0.05) is 13.2 Å². The molecule has 3 nitrogen and oxygen atoms in total. The molecule has 2 N–H and O–H groups in total. The lowest BCUT2D eigenvalue weighted by Gasteiger charge is -2.60. The SMILES string of the molecule is C[C@@]1(CO)CCC[C@]2(C)[C@@H]1CC[C@@H](CO)[C@@H]2CCc1ccoc1. The van der Waals surface area contributed by atoms with Crippen LogP contribution in [0.5, 0.6) is 0 Å². The second kappa shape index (κ2) is 6.60. The molecule has 2 aliphatic rings. The molecule has 0 radical (unpaired) electrons. The standard InChI is InChI=1S/C20H32O3/c1-19(14-22)9-3-10-20(2)17(6-4-15-8-11-23-13-15)16(12-21)5-7-18(19)20/h8,11,13,16-18,21-22H,3-7,9-10,12,14H2,1-2H3/t16-,17-,18+,19-,20-/m0/s1. The Morgan fingerprint density at radius 1 is 1.22 bits per heavy atom. The van der Waals surface area contributed by atoms with Crippen molar-refractivity contribution in [2.45, 2.75) is 58.8 Å². The van der Waals surface area contributed by atoms with Gasteiger partial charge in [-0.15, -0.1) is 0 Å². The molecule has 0 amide bonds. The first kappa shape index (κ1) is 17.0. The summed E-state index contributed by atoms with van der Waals surface area (Å²) in [4.78, 5) is 0. The molecule has 2 fully saturated rings. The number of aliphatic hydroxyl groups is 2. The maximum Gasteiger partial charge on any atom is 0.0934 e. The van der Waals surface area contributed by atoms with Gasteiger partial charge in [-0.2, -0.15) is 0 Å². The summed E-state index contributed by atoms with van der Waals surface area (Å²) >= 11 is 0. The summed E-state index contributed by atoms with van der Waals surface area (Å²) in [6, 6.07) is 2.05. The fraction of sp³-hybridized carbons (Fsp3) is 0.800. The number of aliphatic hydroxyl groups excluding tert-OH is 2. The molecule has 130 valence electrons. The van der Waals surface area contributed by atoms with E-state index in [0.29, 0.717) is 31.0 Å². The number of furan rings is 1. The van der Waals surface area contributed by atoms with Crippen molar-refractivity contribution in [1.82, 2.24) is 0 Å². The van der Waals surface area contributed by atoms with Gasteiger partial charge in [0.15, 0.2) is 0 Å². The molecular formula is C20H32O3. The summed E-state index contributed by atoms with van der Waals surface area (Å²) in [6.07, 6.45) is 11.5. The lowest BCUT2D eigenvalue weighted by atomic mass is 9.45. The fourth-order valence-corrected chi connectivity index (χ4v) is 5.99. The summed E-state index contributed by atoms with van der Waals surface area (Å²) in [6.45, 7) is 5.31. The first-order valence-electron chi connectivity index (χ1n) is 9.26. The minimum Gasteiger partial charge on any atom is -0.472 e. The highest BCUT2D eigenvalue weighted by Gasteiger charge is 2.55. The lowest BCUT2D eigenvalue weighted by Crippen LogP contribution is -2.54. The Labute approximate surface area is 140 Å². The molecule has 0 bridgehead atoms. The van der Waals surface area contributed by atoms with Gasteiger partial charge in [-0.3, -0.25) is 0 Å². The zero-order valence-electron chi connectivity index (χ0n) is 14.6. The number of hydrogen-bond acceptors (Lipinski definition) is 3. The monoisotopic (exact) mass is 320 g/mol. The maximum absolute atomic E-state index is 10.0. The summed E-state index contributed by atoms with van der Waals surface area (Å²) in [5, 5.41) is 20.0. The van der Waals surface area contributed by atoms with Gasteiger partial charge in [-0.25, -0.2) is 0 Å². The van der Waals surface area contributed by atoms with E-state index < -0.39 is 0 Å². The molecule has 1 aromatic rings. The van der Waals surface area contributed by atoms with Crippen molar-refractivity contribution in [2.75, 3.05) is 13.2 Å². The van der Waals surface area contributed by atoms with Gasteiger partial charge in [0.05, 0.1) is 12.5 Å². The van der Waals surface area contributed by atoms with E-state index in [1.165, 1.54) is 18.4 Å². The summed E-state index contributed by atoms with van der Waals surface area (Å²) < 4.78 is 5.21. The molecule has 3 heteroatoms. The van der Waals surface area contributed by atoms with Crippen molar-refractivity contribution in [3.63, 3.8) is 0 Å². The van der Waals surface area contributed by atoms with E-state index in [-0.39, 0.29) is 10.8 Å². The Hall–Kier alpha value is -0.800. The highest BCUT2D eigenvalue weighted by atomic mass is 16.3. The highest BCUT2D eigenvalue weighted by molar-refractivity contribution is 5.08. The van der Waals surface area contributed by atoms with Crippen LogP contribution >= 0.6 is 0 Å². The molecule has 3 rings (SSSR count). The third-order valence-corrected chi connectivity index (χ3v) is 7.26. The molecule has 1 aromatic heterocycles. The normalized spacial score (nSPS) is 40.8. The average Bonchev–Trinajstić information content (AvgIpc) is 3.06. The van der Waals surface area contributed by atoms with Crippen molar-refractivity contribution >= 4 is 0 Å². The Morgan fingerprint density at radius 3 is 2.70 bits per heavy atom. The van der Waals surface area contributed by atoms with Gasteiger partial charge in [0.25, 0.3) is 0 Å². The van der Waals surface area contributed by atoms with Gasteiger partial charge in [-0.05, 0) is 78.7 Å². The Bertz CT molecular complexity index is 497. The van der Waals surface area contributed by atoms with Crippen LogP contribution in [-0.2, 0) is 6.42 Å². The number of fused-ring (bicyclic) bond motifs is 1. The van der Waals surface area contributed by atoms with E-state index in [4.69, 9.17) is 4.42 Å². The molecule has 2 saturated carbocycles. The topological polar surface area (TPSA) is 53.6 Å². The van der Waals surface area contributed by atoms with Crippen LogP contribution in [0.4, 0.5) is 0 Å². The lowest BCUT2D eigenvalue weighted by molar-refractivity contribution is -0.128. The van der Waals surface area contributed by atoms with Crippen LogP contribution in [0.15, 0.2) is 23.0 Å². The second-order valence-electron chi connectivity index (χ2n) is 8.52. The highest BCUT2D eigenvalue weighted by Crippen LogP contribution is 2.61. The number of rotatable bonds is 5. The summed E-state index contributed by atoms with van der Waals surface area (Å²) in [5.74, 6) is 1.52. The minimum atomic E-state index is 0.0569. The first-order valence-corrected chi connectivity index (χ1v) is 9.26. The fourth-order valence-electron chi connectivity index (χ4n) is 5.99. The number of hydrogen-bond donors (Lipinski definition) is 2. The van der Waals surface area contributed by atoms with E-state index in [0.717, 1.165) is 32.1 Å². The van der Waals surface area contributed by atoms with E-state index in [1.54, 1.807) is 6.26 Å². The minimum absolute atomic E-state index is 0.0569. The van der Waals surface area contributed by atoms with Crippen LogP contribution in [0.1, 0.15) is 57.9 Å². The Morgan fingerprint density at radius 2 is 2.04 bits per heavy atom. The van der Waals surface area contributed by atoms with Crippen molar-refractivity contribution in [3.8, 4) is 0 Å². The van der Waals surface area contributed by atoms with E-state index >= 15 is 0 Å². The molecule has 0 aromatic carbocycles. The molecule has 2 aliphatic carbocycles. The second-order valence-corrected chi connectivity index (χ2v) is 8.52. The Kier molecular flexibility index (Phi) is 4.89. The van der Waals surface area contributed by atoms with Gasteiger partial charge < -0.3 is 14.6 Å². The van der Waals surface area contributed by atoms with Crippen LogP contribution in [0.2, 0.25) is 0 Å². The molecule has 0 unspecified atom stereocenters. The summed E-state index contributed by atoms with van der Waals surface area (Å²) in [5.41, 5.74) is 1.56. The van der Waals surface area contributed by atoms with E-state index in [1.807, 2.05) is 6.26 Å². The summed E-state index contributed by atoms with van der Waals surface area (Å²) in [7, 11) is 0. The van der Waals surface area contributed by atoms with Crippen LogP contribution < -0.4 is 0 Å². The molecule has 5 atom stereocenters. The predicted molar refractivity (Wildman–Crippen MR) is 91.0 cm³/mol. The Balaban J connectivity index is 1.83. The van der Waals surface area contributed by atoms with Crippen LogP contribution in [0.3, 0.4) is 0 Å². The van der Waals surface area contributed by atoms with Gasteiger partial charge in [0.1, 0.15) is 0 Å². The van der Waals surface area contributed by atoms with Crippen molar-refractivity contribution in [2.24, 2.45) is 28.6 Å². The molecule has 23 heavy (non-hydrogen) atoms. The molecule has 0 aliphatic heterocycles. The van der Waals surface area contributed by atoms with Gasteiger partial charge in [0.2, 0.25) is 0 Å². The average molecular weight is 320 g/mol. The van der Waals surface area contributed by atoms with Crippen molar-refractivity contribution < 1.29 is 14.6 Å². The van der Waals surface area contributed by atoms with Gasteiger partial charge in [-0.1, -0.05) is 20.3 Å². The van der Waals surface area contributed by atoms with E-state index in [2.05, 4.69) is 19.9 Å². The molecule has 0 saturated heterocycles. The van der Waals surface area contributed by atoms with Crippen molar-refractivity contribution in [1.29, 1.82) is 0 Å². The van der Waals surface area contributed by atoms with Crippen molar-refractivity contribution in [3.05, 3.63) is 24.2 Å². The van der Waals surface area contributed by atoms with Crippen LogP contribution in [-0.4, -0.2) is 23.4 Å². The third-order valence-electron chi connectivity index (χ3n) is 7.26. The molecule has 0 spiro atoms. The predicted octanol–water partition coefficient (Wildman–Crippen LogP) is 4.04. The first-order chi connectivity index (χ1) is 11.0. The van der Waals surface area contributed by atoms with Crippen LogP contribution in [0, 0.1) is 28.6 Å². The largest absolute Gasteiger partial charge is 0.472 e. The molecular weight excluding hydrogens is 288 g/mol. The smallest absolute Gasteiger partial charge is 0.0934 e. The quantitative estimate of drug-likeness (QED) is 0.861. The van der Waals surface area contributed by atoms with Gasteiger partial charge >= 0.3 is 0 Å². The van der Waals surface area contributed by atoms with E-state index in [9.17, 15) is 10.2 Å². The zero-order chi connectivity index (χ0) is 16.5. The van der Waals surface area contributed by atoms with Crippen LogP contribution in [0.25, 0.3) is 0 Å². The zero-order valence-corrected chi connectivity index (χ0v) is 14.6. The third kappa shape index (κ3) is 2.98. The number of aryl methyl sites for hydroxylation is 1.